The first kappa shape index (κ1) is 15.8. The summed E-state index contributed by atoms with van der Waals surface area (Å²) in [7, 11) is 0. The van der Waals surface area contributed by atoms with E-state index in [1.165, 1.54) is 11.1 Å². The molecular formula is C18H25N3O2. The van der Waals surface area contributed by atoms with Crippen LogP contribution in [0.5, 0.6) is 0 Å². The molecule has 0 unspecified atom stereocenters. The van der Waals surface area contributed by atoms with Gasteiger partial charge in [0.05, 0.1) is 18.0 Å². The summed E-state index contributed by atoms with van der Waals surface area (Å²) in [5.74, 6) is 0.0526. The average molecular weight is 315 g/mol. The predicted octanol–water partition coefficient (Wildman–Crippen LogP) is 2.04. The molecule has 1 heterocycles. The first-order chi connectivity index (χ1) is 11.1. The second kappa shape index (κ2) is 6.60. The van der Waals surface area contributed by atoms with Gasteiger partial charge in [-0.05, 0) is 31.7 Å². The zero-order chi connectivity index (χ0) is 16.3. The summed E-state index contributed by atoms with van der Waals surface area (Å²) in [4.78, 5) is 24.0. The number of hydrogen-bond acceptors (Lipinski definition) is 2. The van der Waals surface area contributed by atoms with Crippen LogP contribution in [-0.4, -0.2) is 30.1 Å². The second-order valence-electron chi connectivity index (χ2n) is 6.82. The summed E-state index contributed by atoms with van der Waals surface area (Å²) in [5.41, 5.74) is 2.06. The van der Waals surface area contributed by atoms with E-state index in [9.17, 15) is 9.59 Å². The largest absolute Gasteiger partial charge is 0.351 e. The lowest BCUT2D eigenvalue weighted by Gasteiger charge is -2.38. The van der Waals surface area contributed by atoms with Crippen molar-refractivity contribution in [3.63, 3.8) is 0 Å². The number of urea groups is 1. The Kier molecular flexibility index (Phi) is 4.55. The van der Waals surface area contributed by atoms with Crippen molar-refractivity contribution in [3.8, 4) is 0 Å². The number of carbonyl (C=O) groups excluding carboxylic acids is 2. The maximum atomic E-state index is 12.2. The molecule has 0 bridgehead atoms. The minimum atomic E-state index is -0.386. The Labute approximate surface area is 137 Å². The summed E-state index contributed by atoms with van der Waals surface area (Å²) >= 11 is 0. The highest BCUT2D eigenvalue weighted by Gasteiger charge is 2.48. The molecule has 0 radical (unpaired) electrons. The molecule has 3 amide bonds. The Bertz CT molecular complexity index is 584. The highest BCUT2D eigenvalue weighted by molar-refractivity contribution is 5.83. The summed E-state index contributed by atoms with van der Waals surface area (Å²) in [6, 6.07) is 8.26. The molecule has 0 aromatic heterocycles. The molecule has 1 aromatic rings. The standard InChI is InChI=1S/C18H25N3O2/c1-13-5-7-14(8-6-13)9-11-19-17(23)21-18-10-3-2-4-15(18)20-16(22)12-18/h5-8,15H,2-4,9-12H2,1H3,(H,20,22)(H2,19,21,23)/t15-,18+/m0/s1. The molecule has 1 saturated carbocycles. The molecule has 124 valence electrons. The molecule has 2 atom stereocenters. The van der Waals surface area contributed by atoms with Crippen molar-refractivity contribution >= 4 is 11.9 Å². The predicted molar refractivity (Wildman–Crippen MR) is 89.2 cm³/mol. The van der Waals surface area contributed by atoms with E-state index in [-0.39, 0.29) is 23.5 Å². The van der Waals surface area contributed by atoms with Gasteiger partial charge >= 0.3 is 6.03 Å². The zero-order valence-corrected chi connectivity index (χ0v) is 13.7. The van der Waals surface area contributed by atoms with Gasteiger partial charge in [-0.1, -0.05) is 42.7 Å². The summed E-state index contributed by atoms with van der Waals surface area (Å²) < 4.78 is 0. The van der Waals surface area contributed by atoms with Crippen molar-refractivity contribution in [2.45, 2.75) is 57.0 Å². The van der Waals surface area contributed by atoms with E-state index in [1.807, 2.05) is 0 Å². The SMILES string of the molecule is Cc1ccc(CCNC(=O)N[C@@]23CCCC[C@@H]2NC(=O)C3)cc1. The van der Waals surface area contributed by atoms with Gasteiger partial charge in [-0.15, -0.1) is 0 Å². The van der Waals surface area contributed by atoms with E-state index in [0.717, 1.165) is 32.1 Å². The Hall–Kier alpha value is -2.04. The smallest absolute Gasteiger partial charge is 0.315 e. The van der Waals surface area contributed by atoms with Crippen LogP contribution in [0.25, 0.3) is 0 Å². The van der Waals surface area contributed by atoms with E-state index < -0.39 is 0 Å². The minimum Gasteiger partial charge on any atom is -0.351 e. The number of rotatable bonds is 4. The van der Waals surface area contributed by atoms with Crippen LogP contribution in [0.1, 0.15) is 43.2 Å². The van der Waals surface area contributed by atoms with Crippen molar-refractivity contribution in [2.75, 3.05) is 6.54 Å². The van der Waals surface area contributed by atoms with Crippen LogP contribution in [0.2, 0.25) is 0 Å². The van der Waals surface area contributed by atoms with Gasteiger partial charge in [0.2, 0.25) is 5.91 Å². The van der Waals surface area contributed by atoms with Crippen molar-refractivity contribution < 1.29 is 9.59 Å². The number of amides is 3. The Balaban J connectivity index is 1.50. The fraction of sp³-hybridized carbons (Fsp3) is 0.556. The first-order valence-corrected chi connectivity index (χ1v) is 8.48. The van der Waals surface area contributed by atoms with Crippen LogP contribution in [0.3, 0.4) is 0 Å². The van der Waals surface area contributed by atoms with Crippen LogP contribution in [0.4, 0.5) is 4.79 Å². The monoisotopic (exact) mass is 315 g/mol. The van der Waals surface area contributed by atoms with Crippen LogP contribution >= 0.6 is 0 Å². The lowest BCUT2D eigenvalue weighted by Crippen LogP contribution is -2.59. The highest BCUT2D eigenvalue weighted by Crippen LogP contribution is 2.35. The molecular weight excluding hydrogens is 290 g/mol. The van der Waals surface area contributed by atoms with E-state index in [2.05, 4.69) is 47.1 Å². The fourth-order valence-corrected chi connectivity index (χ4v) is 3.73. The highest BCUT2D eigenvalue weighted by atomic mass is 16.2. The Morgan fingerprint density at radius 3 is 2.87 bits per heavy atom. The van der Waals surface area contributed by atoms with Gasteiger partial charge < -0.3 is 16.0 Å². The molecule has 3 rings (SSSR count). The third kappa shape index (κ3) is 3.66. The maximum absolute atomic E-state index is 12.2. The molecule has 1 aromatic carbocycles. The first-order valence-electron chi connectivity index (χ1n) is 8.48. The minimum absolute atomic E-state index is 0.0526. The third-order valence-electron chi connectivity index (χ3n) is 5.03. The number of fused-ring (bicyclic) bond motifs is 1. The van der Waals surface area contributed by atoms with Crippen LogP contribution in [0.15, 0.2) is 24.3 Å². The maximum Gasteiger partial charge on any atom is 0.315 e. The van der Waals surface area contributed by atoms with Gasteiger partial charge in [-0.25, -0.2) is 4.79 Å². The van der Waals surface area contributed by atoms with Crippen molar-refractivity contribution in [1.82, 2.24) is 16.0 Å². The quantitative estimate of drug-likeness (QED) is 0.796. The lowest BCUT2D eigenvalue weighted by atomic mass is 9.78. The van der Waals surface area contributed by atoms with Gasteiger partial charge in [-0.3, -0.25) is 4.79 Å². The third-order valence-corrected chi connectivity index (χ3v) is 5.03. The van der Waals surface area contributed by atoms with Crippen molar-refractivity contribution in [1.29, 1.82) is 0 Å². The van der Waals surface area contributed by atoms with E-state index in [4.69, 9.17) is 0 Å². The molecule has 5 nitrogen and oxygen atoms in total. The average Bonchev–Trinajstić information content (AvgIpc) is 2.84. The molecule has 2 fully saturated rings. The molecule has 3 N–H and O–H groups in total. The molecule has 5 heteroatoms. The second-order valence-corrected chi connectivity index (χ2v) is 6.82. The fourth-order valence-electron chi connectivity index (χ4n) is 3.73. The molecule has 1 aliphatic carbocycles. The number of carbonyl (C=O) groups is 2. The van der Waals surface area contributed by atoms with Crippen LogP contribution < -0.4 is 16.0 Å². The van der Waals surface area contributed by atoms with E-state index in [0.29, 0.717) is 13.0 Å². The molecule has 1 saturated heterocycles. The number of benzene rings is 1. The molecule has 1 aliphatic heterocycles. The van der Waals surface area contributed by atoms with Gasteiger partial charge in [0.1, 0.15) is 0 Å². The van der Waals surface area contributed by atoms with Crippen molar-refractivity contribution in [3.05, 3.63) is 35.4 Å². The topological polar surface area (TPSA) is 70.2 Å². The van der Waals surface area contributed by atoms with Crippen LogP contribution in [0, 0.1) is 6.92 Å². The van der Waals surface area contributed by atoms with E-state index >= 15 is 0 Å². The van der Waals surface area contributed by atoms with Gasteiger partial charge in [0.25, 0.3) is 0 Å². The Morgan fingerprint density at radius 2 is 2.09 bits per heavy atom. The molecule has 2 aliphatic rings. The summed E-state index contributed by atoms with van der Waals surface area (Å²) in [5, 5.41) is 9.02. The summed E-state index contributed by atoms with van der Waals surface area (Å²) in [6.07, 6.45) is 5.22. The lowest BCUT2D eigenvalue weighted by molar-refractivity contribution is -0.119. The molecule has 0 spiro atoms. The van der Waals surface area contributed by atoms with E-state index in [1.54, 1.807) is 0 Å². The zero-order valence-electron chi connectivity index (χ0n) is 13.7. The summed E-state index contributed by atoms with van der Waals surface area (Å²) in [6.45, 7) is 2.66. The van der Waals surface area contributed by atoms with Crippen molar-refractivity contribution in [2.24, 2.45) is 0 Å². The number of hydrogen-bond donors (Lipinski definition) is 3. The van der Waals surface area contributed by atoms with Crippen LogP contribution in [-0.2, 0) is 11.2 Å². The Morgan fingerprint density at radius 1 is 1.30 bits per heavy atom. The van der Waals surface area contributed by atoms with Gasteiger partial charge in [0.15, 0.2) is 0 Å². The van der Waals surface area contributed by atoms with Gasteiger partial charge in [-0.2, -0.15) is 0 Å². The number of nitrogens with one attached hydrogen (secondary N) is 3. The van der Waals surface area contributed by atoms with Gasteiger partial charge in [0, 0.05) is 6.54 Å². The number of aryl methyl sites for hydroxylation is 1. The normalized spacial score (nSPS) is 26.3. The molecule has 23 heavy (non-hydrogen) atoms.